The summed E-state index contributed by atoms with van der Waals surface area (Å²) in [5.41, 5.74) is 2.25. The molecule has 6 heteroatoms. The monoisotopic (exact) mass is 325 g/mol. The number of fused-ring (bicyclic) bond motifs is 1. The van der Waals surface area contributed by atoms with E-state index in [2.05, 4.69) is 15.5 Å². The van der Waals surface area contributed by atoms with Crippen molar-refractivity contribution in [3.05, 3.63) is 60.3 Å². The number of Topliss-reactive ketones (excluding diaryl/α,β-unsaturated/α-hetero) is 1. The molecule has 0 saturated heterocycles. The van der Waals surface area contributed by atoms with Gasteiger partial charge in [0.1, 0.15) is 0 Å². The molecule has 0 bridgehead atoms. The number of carbonyl (C=O) groups excluding carboxylic acids is 2. The summed E-state index contributed by atoms with van der Waals surface area (Å²) in [6.45, 7) is 0. The van der Waals surface area contributed by atoms with Gasteiger partial charge in [0.2, 0.25) is 5.91 Å². The number of H-pyrrole nitrogens is 1. The highest BCUT2D eigenvalue weighted by atomic mass is 32.2. The van der Waals surface area contributed by atoms with Crippen molar-refractivity contribution in [3.63, 3.8) is 0 Å². The van der Waals surface area contributed by atoms with E-state index in [4.69, 9.17) is 0 Å². The van der Waals surface area contributed by atoms with Gasteiger partial charge in [-0.2, -0.15) is 5.10 Å². The molecule has 0 spiro atoms. The van der Waals surface area contributed by atoms with Crippen LogP contribution < -0.4 is 5.32 Å². The number of benzene rings is 2. The van der Waals surface area contributed by atoms with E-state index in [1.165, 1.54) is 11.8 Å². The maximum atomic E-state index is 11.9. The van der Waals surface area contributed by atoms with E-state index in [0.717, 1.165) is 10.9 Å². The first-order chi connectivity index (χ1) is 11.2. The number of nitrogens with one attached hydrogen (secondary N) is 2. The number of hydrogen-bond acceptors (Lipinski definition) is 4. The van der Waals surface area contributed by atoms with Crippen LogP contribution in [0.4, 0.5) is 5.69 Å². The molecule has 116 valence electrons. The zero-order chi connectivity index (χ0) is 16.1. The van der Waals surface area contributed by atoms with Gasteiger partial charge in [-0.1, -0.05) is 30.3 Å². The summed E-state index contributed by atoms with van der Waals surface area (Å²) in [5, 5.41) is 10.6. The maximum absolute atomic E-state index is 11.9. The Morgan fingerprint density at radius 1 is 1.09 bits per heavy atom. The Morgan fingerprint density at radius 3 is 2.74 bits per heavy atom. The van der Waals surface area contributed by atoms with E-state index in [1.807, 2.05) is 36.4 Å². The Labute approximate surface area is 137 Å². The fourth-order valence-electron chi connectivity index (χ4n) is 2.16. The molecule has 2 aromatic carbocycles. The third-order valence-corrected chi connectivity index (χ3v) is 4.22. The molecule has 0 unspecified atom stereocenters. The molecule has 0 aliphatic rings. The SMILES string of the molecule is O=C(CSCC(=O)c1ccccc1)Nc1ccc2cn[nH]c2c1. The Hall–Kier alpha value is -2.60. The van der Waals surface area contributed by atoms with Crippen LogP contribution in [0.2, 0.25) is 0 Å². The number of ketones is 1. The van der Waals surface area contributed by atoms with Crippen LogP contribution in [0.25, 0.3) is 10.9 Å². The first-order valence-corrected chi connectivity index (χ1v) is 8.27. The Morgan fingerprint density at radius 2 is 1.91 bits per heavy atom. The van der Waals surface area contributed by atoms with Gasteiger partial charge in [-0.25, -0.2) is 0 Å². The highest BCUT2D eigenvalue weighted by molar-refractivity contribution is 8.00. The van der Waals surface area contributed by atoms with Gasteiger partial charge < -0.3 is 5.32 Å². The van der Waals surface area contributed by atoms with Gasteiger partial charge in [-0.15, -0.1) is 11.8 Å². The van der Waals surface area contributed by atoms with Gasteiger partial charge in [0.15, 0.2) is 5.78 Å². The molecule has 0 aliphatic carbocycles. The second kappa shape index (κ2) is 7.11. The first-order valence-electron chi connectivity index (χ1n) is 7.11. The predicted molar refractivity (Wildman–Crippen MR) is 92.8 cm³/mol. The minimum atomic E-state index is -0.130. The lowest BCUT2D eigenvalue weighted by Crippen LogP contribution is -2.15. The predicted octanol–water partition coefficient (Wildman–Crippen LogP) is 3.12. The molecule has 0 radical (unpaired) electrons. The van der Waals surface area contributed by atoms with Crippen molar-refractivity contribution in [2.24, 2.45) is 0 Å². The number of rotatable bonds is 6. The molecule has 0 saturated carbocycles. The molecule has 0 atom stereocenters. The maximum Gasteiger partial charge on any atom is 0.234 e. The summed E-state index contributed by atoms with van der Waals surface area (Å²) in [5.74, 6) is 0.424. The van der Waals surface area contributed by atoms with Gasteiger partial charge in [-0.05, 0) is 18.2 Å². The first kappa shape index (κ1) is 15.3. The van der Waals surface area contributed by atoms with E-state index in [-0.39, 0.29) is 23.2 Å². The molecule has 0 fully saturated rings. The molecular formula is C17H15N3O2S. The summed E-state index contributed by atoms with van der Waals surface area (Å²) in [7, 11) is 0. The Balaban J connectivity index is 1.48. The number of amides is 1. The molecule has 3 aromatic rings. The molecular weight excluding hydrogens is 310 g/mol. The molecule has 5 nitrogen and oxygen atoms in total. The van der Waals surface area contributed by atoms with Crippen LogP contribution in [0.5, 0.6) is 0 Å². The summed E-state index contributed by atoms with van der Waals surface area (Å²) in [6, 6.07) is 14.6. The lowest BCUT2D eigenvalue weighted by Gasteiger charge is -2.05. The third-order valence-electron chi connectivity index (χ3n) is 3.29. The molecule has 1 aromatic heterocycles. The normalized spacial score (nSPS) is 10.6. The Bertz CT molecular complexity index is 830. The van der Waals surface area contributed by atoms with E-state index in [9.17, 15) is 9.59 Å². The lowest BCUT2D eigenvalue weighted by atomic mass is 10.2. The fraction of sp³-hybridized carbons (Fsp3) is 0.118. The minimum Gasteiger partial charge on any atom is -0.325 e. The number of nitrogens with zero attached hydrogens (tertiary/aromatic N) is 1. The number of aromatic nitrogens is 2. The summed E-state index contributed by atoms with van der Waals surface area (Å²) in [6.07, 6.45) is 1.73. The summed E-state index contributed by atoms with van der Waals surface area (Å²) < 4.78 is 0. The standard InChI is InChI=1S/C17H15N3O2S/c21-16(12-4-2-1-3-5-12)10-23-11-17(22)19-14-7-6-13-9-18-20-15(13)8-14/h1-9H,10-11H2,(H,18,20)(H,19,22). The molecule has 3 rings (SSSR count). The van der Waals surface area contributed by atoms with Crippen LogP contribution >= 0.6 is 11.8 Å². The Kier molecular flexibility index (Phi) is 4.73. The van der Waals surface area contributed by atoms with Crippen molar-refractivity contribution in [2.45, 2.75) is 0 Å². The second-order valence-electron chi connectivity index (χ2n) is 5.00. The number of aromatic amines is 1. The highest BCUT2D eigenvalue weighted by Gasteiger charge is 2.08. The van der Waals surface area contributed by atoms with Crippen LogP contribution in [-0.4, -0.2) is 33.4 Å². The van der Waals surface area contributed by atoms with Gasteiger partial charge in [-0.3, -0.25) is 14.7 Å². The zero-order valence-electron chi connectivity index (χ0n) is 12.3. The van der Waals surface area contributed by atoms with Crippen LogP contribution in [0.1, 0.15) is 10.4 Å². The van der Waals surface area contributed by atoms with Gasteiger partial charge in [0.05, 0.1) is 23.2 Å². The molecule has 0 aliphatic heterocycles. The summed E-state index contributed by atoms with van der Waals surface area (Å²) >= 11 is 1.31. The van der Waals surface area contributed by atoms with Crippen LogP contribution in [0.3, 0.4) is 0 Å². The van der Waals surface area contributed by atoms with Crippen LogP contribution in [-0.2, 0) is 4.79 Å². The topological polar surface area (TPSA) is 74.8 Å². The van der Waals surface area contributed by atoms with Crippen molar-refractivity contribution in [1.82, 2.24) is 10.2 Å². The minimum absolute atomic E-state index is 0.0299. The number of anilines is 1. The largest absolute Gasteiger partial charge is 0.325 e. The third kappa shape index (κ3) is 3.98. The molecule has 1 amide bonds. The molecule has 2 N–H and O–H groups in total. The van der Waals surface area contributed by atoms with Crippen LogP contribution in [0.15, 0.2) is 54.7 Å². The number of hydrogen-bond donors (Lipinski definition) is 2. The van der Waals surface area contributed by atoms with Gasteiger partial charge >= 0.3 is 0 Å². The average molecular weight is 325 g/mol. The molecule has 23 heavy (non-hydrogen) atoms. The van der Waals surface area contributed by atoms with Crippen molar-refractivity contribution in [1.29, 1.82) is 0 Å². The molecule has 1 heterocycles. The summed E-state index contributed by atoms with van der Waals surface area (Å²) in [4.78, 5) is 23.9. The zero-order valence-corrected chi connectivity index (χ0v) is 13.1. The number of thioether (sulfide) groups is 1. The van der Waals surface area contributed by atoms with E-state index in [1.54, 1.807) is 18.3 Å². The quantitative estimate of drug-likeness (QED) is 0.683. The van der Waals surface area contributed by atoms with Crippen molar-refractivity contribution in [2.75, 3.05) is 16.8 Å². The second-order valence-corrected chi connectivity index (χ2v) is 5.99. The van der Waals surface area contributed by atoms with Crippen molar-refractivity contribution >= 4 is 40.0 Å². The van der Waals surface area contributed by atoms with Crippen LogP contribution in [0, 0.1) is 0 Å². The fourth-order valence-corrected chi connectivity index (χ4v) is 2.87. The van der Waals surface area contributed by atoms with Gasteiger partial charge in [0.25, 0.3) is 0 Å². The van der Waals surface area contributed by atoms with Gasteiger partial charge in [0, 0.05) is 16.6 Å². The average Bonchev–Trinajstić information content (AvgIpc) is 3.03. The van der Waals surface area contributed by atoms with E-state index >= 15 is 0 Å². The van der Waals surface area contributed by atoms with E-state index < -0.39 is 0 Å². The van der Waals surface area contributed by atoms with Crippen molar-refractivity contribution < 1.29 is 9.59 Å². The van der Waals surface area contributed by atoms with E-state index in [0.29, 0.717) is 11.3 Å². The smallest absolute Gasteiger partial charge is 0.234 e. The number of carbonyl (C=O) groups is 2. The van der Waals surface area contributed by atoms with Crippen molar-refractivity contribution in [3.8, 4) is 0 Å². The lowest BCUT2D eigenvalue weighted by molar-refractivity contribution is -0.113. The highest BCUT2D eigenvalue weighted by Crippen LogP contribution is 2.17.